The molecule has 0 spiro atoms. The maximum atomic E-state index is 9.95. The van der Waals surface area contributed by atoms with E-state index in [4.69, 9.17) is 4.74 Å². The average molecular weight is 261 g/mol. The van der Waals surface area contributed by atoms with Gasteiger partial charge in [0, 0.05) is 4.83 Å². The van der Waals surface area contributed by atoms with E-state index in [0.29, 0.717) is 28.7 Å². The third kappa shape index (κ3) is 0.682. The molecule has 0 amide bonds. The van der Waals surface area contributed by atoms with Gasteiger partial charge in [-0.1, -0.05) is 15.9 Å². The van der Waals surface area contributed by atoms with E-state index >= 15 is 0 Å². The zero-order chi connectivity index (χ0) is 9.61. The van der Waals surface area contributed by atoms with E-state index in [-0.39, 0.29) is 12.0 Å². The lowest BCUT2D eigenvalue weighted by atomic mass is 9.81. The zero-order valence-corrected chi connectivity index (χ0v) is 9.17. The van der Waals surface area contributed by atoms with Crippen LogP contribution in [-0.4, -0.2) is 39.5 Å². The SMILES string of the molecule is O[C@@H]1[C@H](O)[C@H]2O[C@H]3[C@H](Br)[C@@H]4C[C@H]3[C@H]2[C@H]14. The third-order valence-electron chi connectivity index (χ3n) is 4.90. The van der Waals surface area contributed by atoms with Gasteiger partial charge in [-0.2, -0.15) is 0 Å². The maximum Gasteiger partial charge on any atom is 0.107 e. The van der Waals surface area contributed by atoms with Crippen LogP contribution in [0.1, 0.15) is 6.42 Å². The fourth-order valence-electron chi connectivity index (χ4n) is 4.50. The first-order chi connectivity index (χ1) is 6.70. The van der Waals surface area contributed by atoms with Gasteiger partial charge < -0.3 is 14.9 Å². The molecule has 1 aliphatic heterocycles. The Bertz CT molecular complexity index is 295. The van der Waals surface area contributed by atoms with Crippen LogP contribution in [-0.2, 0) is 4.74 Å². The lowest BCUT2D eigenvalue weighted by Crippen LogP contribution is -2.41. The Balaban J connectivity index is 1.84. The Morgan fingerprint density at radius 3 is 2.57 bits per heavy atom. The minimum atomic E-state index is -0.639. The number of halogens is 1. The van der Waals surface area contributed by atoms with E-state index in [2.05, 4.69) is 15.9 Å². The van der Waals surface area contributed by atoms with E-state index in [9.17, 15) is 10.2 Å². The second-order valence-electron chi connectivity index (χ2n) is 5.21. The fraction of sp³-hybridized carbons (Fsp3) is 1.00. The van der Waals surface area contributed by atoms with Crippen molar-refractivity contribution in [1.29, 1.82) is 0 Å². The number of hydrogen-bond acceptors (Lipinski definition) is 3. The molecule has 3 aliphatic carbocycles. The first-order valence-electron chi connectivity index (χ1n) is 5.36. The highest BCUT2D eigenvalue weighted by atomic mass is 79.9. The number of fused-ring (bicyclic) bond motifs is 2. The normalized spacial score (nSPS) is 73.5. The second kappa shape index (κ2) is 2.37. The minimum Gasteiger partial charge on any atom is -0.390 e. The quantitative estimate of drug-likeness (QED) is 0.610. The van der Waals surface area contributed by atoms with E-state index in [0.717, 1.165) is 0 Å². The first-order valence-corrected chi connectivity index (χ1v) is 6.27. The van der Waals surface area contributed by atoms with Gasteiger partial charge in [0.1, 0.15) is 6.10 Å². The van der Waals surface area contributed by atoms with Crippen LogP contribution in [0.25, 0.3) is 0 Å². The van der Waals surface area contributed by atoms with Crippen molar-refractivity contribution in [2.45, 2.75) is 35.7 Å². The molecule has 4 heteroatoms. The molecule has 0 aromatic heterocycles. The summed E-state index contributed by atoms with van der Waals surface area (Å²) >= 11 is 3.68. The molecule has 3 nitrogen and oxygen atoms in total. The number of hydrogen-bond donors (Lipinski definition) is 2. The largest absolute Gasteiger partial charge is 0.390 e. The number of aliphatic hydroxyl groups is 2. The van der Waals surface area contributed by atoms with Crippen molar-refractivity contribution in [1.82, 2.24) is 0 Å². The van der Waals surface area contributed by atoms with Gasteiger partial charge in [0.2, 0.25) is 0 Å². The molecule has 0 aromatic rings. The average Bonchev–Trinajstić information content (AvgIpc) is 2.78. The summed E-state index contributed by atoms with van der Waals surface area (Å²) in [6.07, 6.45) is 0.198. The van der Waals surface area contributed by atoms with Crippen LogP contribution in [0.5, 0.6) is 0 Å². The van der Waals surface area contributed by atoms with Crippen LogP contribution in [0.2, 0.25) is 0 Å². The van der Waals surface area contributed by atoms with Gasteiger partial charge in [0.15, 0.2) is 0 Å². The number of aliphatic hydroxyl groups excluding tert-OH is 2. The van der Waals surface area contributed by atoms with E-state index in [1.807, 2.05) is 0 Å². The summed E-state index contributed by atoms with van der Waals surface area (Å²) in [6, 6.07) is 0. The van der Waals surface area contributed by atoms with Gasteiger partial charge in [0.05, 0.1) is 18.3 Å². The maximum absolute atomic E-state index is 9.95. The third-order valence-corrected chi connectivity index (χ3v) is 6.10. The smallest absolute Gasteiger partial charge is 0.107 e. The summed E-state index contributed by atoms with van der Waals surface area (Å²) < 4.78 is 5.87. The van der Waals surface area contributed by atoms with Gasteiger partial charge >= 0.3 is 0 Å². The highest BCUT2D eigenvalue weighted by molar-refractivity contribution is 9.09. The van der Waals surface area contributed by atoms with Crippen molar-refractivity contribution in [3.05, 3.63) is 0 Å². The van der Waals surface area contributed by atoms with Gasteiger partial charge in [-0.05, 0) is 30.1 Å². The minimum absolute atomic E-state index is 0.0856. The van der Waals surface area contributed by atoms with Crippen molar-refractivity contribution in [3.8, 4) is 0 Å². The molecule has 2 N–H and O–H groups in total. The lowest BCUT2D eigenvalue weighted by molar-refractivity contribution is -0.0785. The summed E-state index contributed by atoms with van der Waals surface area (Å²) in [4.78, 5) is 0.404. The van der Waals surface area contributed by atoms with Crippen LogP contribution in [0.15, 0.2) is 0 Å². The van der Waals surface area contributed by atoms with Gasteiger partial charge in [0.25, 0.3) is 0 Å². The molecule has 14 heavy (non-hydrogen) atoms. The van der Waals surface area contributed by atoms with Crippen LogP contribution >= 0.6 is 15.9 Å². The van der Waals surface area contributed by atoms with E-state index in [1.165, 1.54) is 6.42 Å². The molecule has 4 aliphatic rings. The monoisotopic (exact) mass is 260 g/mol. The lowest BCUT2D eigenvalue weighted by Gasteiger charge is -2.31. The van der Waals surface area contributed by atoms with Crippen molar-refractivity contribution in [2.75, 3.05) is 0 Å². The first kappa shape index (κ1) is 8.50. The molecule has 1 heterocycles. The molecule has 1 saturated heterocycles. The fourth-order valence-corrected chi connectivity index (χ4v) is 5.58. The number of ether oxygens (including phenoxy) is 1. The molecular formula is C10H13BrO3. The summed E-state index contributed by atoms with van der Waals surface area (Å²) in [5, 5.41) is 19.8. The molecule has 4 rings (SSSR count). The summed E-state index contributed by atoms with van der Waals surface area (Å²) in [6.45, 7) is 0. The number of rotatable bonds is 0. The summed E-state index contributed by atoms with van der Waals surface area (Å²) in [5.41, 5.74) is 0. The second-order valence-corrected chi connectivity index (χ2v) is 6.27. The zero-order valence-electron chi connectivity index (χ0n) is 7.58. The van der Waals surface area contributed by atoms with E-state index < -0.39 is 12.2 Å². The van der Waals surface area contributed by atoms with Crippen molar-refractivity contribution in [3.63, 3.8) is 0 Å². The van der Waals surface area contributed by atoms with E-state index in [1.54, 1.807) is 0 Å². The molecule has 2 bridgehead atoms. The summed E-state index contributed by atoms with van der Waals surface area (Å²) in [7, 11) is 0. The Kier molecular flexibility index (Phi) is 1.44. The van der Waals surface area contributed by atoms with Crippen LogP contribution < -0.4 is 0 Å². The molecule has 9 atom stereocenters. The van der Waals surface area contributed by atoms with Crippen LogP contribution in [0.4, 0.5) is 0 Å². The Morgan fingerprint density at radius 2 is 1.79 bits per heavy atom. The topological polar surface area (TPSA) is 49.7 Å². The predicted octanol–water partition coefficient (Wildman–Crippen LogP) is 0.135. The standard InChI is InChI=1S/C10H13BrO3/c11-6-2-1-3-5-4(2)7(12)8(13)10(5)14-9(3)6/h2-10,12-13H,1H2/t2-,3+,4-,5+,6-,7+,8+,9-,10+/m1/s1. The van der Waals surface area contributed by atoms with Gasteiger partial charge in [-0.15, -0.1) is 0 Å². The molecule has 0 aromatic carbocycles. The molecule has 4 fully saturated rings. The Hall–Kier alpha value is 0.360. The van der Waals surface area contributed by atoms with Crippen molar-refractivity contribution >= 4 is 15.9 Å². The molecule has 0 radical (unpaired) electrons. The number of alkyl halides is 1. The Labute approximate surface area is 90.6 Å². The van der Waals surface area contributed by atoms with Crippen LogP contribution in [0.3, 0.4) is 0 Å². The van der Waals surface area contributed by atoms with Crippen molar-refractivity contribution < 1.29 is 14.9 Å². The highest BCUT2D eigenvalue weighted by Crippen LogP contribution is 2.66. The molecule has 0 unspecified atom stereocenters. The predicted molar refractivity (Wildman–Crippen MR) is 52.0 cm³/mol. The van der Waals surface area contributed by atoms with Crippen molar-refractivity contribution in [2.24, 2.45) is 23.7 Å². The molecule has 3 saturated carbocycles. The van der Waals surface area contributed by atoms with Gasteiger partial charge in [-0.25, -0.2) is 0 Å². The molecule has 78 valence electrons. The van der Waals surface area contributed by atoms with Gasteiger partial charge in [-0.3, -0.25) is 0 Å². The Morgan fingerprint density at radius 1 is 1.00 bits per heavy atom. The van der Waals surface area contributed by atoms with Crippen LogP contribution in [0, 0.1) is 23.7 Å². The molecular weight excluding hydrogens is 248 g/mol. The highest BCUT2D eigenvalue weighted by Gasteiger charge is 2.71. The summed E-state index contributed by atoms with van der Waals surface area (Å²) in [5.74, 6) is 1.82.